The first-order valence-electron chi connectivity index (χ1n) is 5.71. The Morgan fingerprint density at radius 2 is 2.11 bits per heavy atom. The number of rotatable bonds is 4. The van der Waals surface area contributed by atoms with Crippen molar-refractivity contribution in [1.82, 2.24) is 10.1 Å². The number of hydrogen-bond acceptors (Lipinski definition) is 5. The maximum absolute atomic E-state index is 8.59. The molecule has 1 N–H and O–H groups in total. The Morgan fingerprint density at radius 1 is 1.39 bits per heavy atom. The summed E-state index contributed by atoms with van der Waals surface area (Å²) < 4.78 is 5.09. The molecule has 2 rings (SSSR count). The molecule has 0 bridgehead atoms. The summed E-state index contributed by atoms with van der Waals surface area (Å²) in [7, 11) is 0. The largest absolute Gasteiger partial charge is 0.374 e. The highest BCUT2D eigenvalue weighted by molar-refractivity contribution is 5.46. The fourth-order valence-electron chi connectivity index (χ4n) is 1.61. The fraction of sp³-hybridized carbons (Fsp3) is 0.308. The normalized spacial score (nSPS) is 11.8. The zero-order chi connectivity index (χ0) is 13.0. The number of aromatic nitrogens is 2. The summed E-state index contributed by atoms with van der Waals surface area (Å²) in [6, 6.07) is 9.80. The topological polar surface area (TPSA) is 74.7 Å². The molecule has 0 spiro atoms. The van der Waals surface area contributed by atoms with Crippen LogP contribution in [0, 0.1) is 18.3 Å². The molecule has 2 aromatic rings. The van der Waals surface area contributed by atoms with Gasteiger partial charge in [0.25, 0.3) is 0 Å². The van der Waals surface area contributed by atoms with Gasteiger partial charge in [-0.3, -0.25) is 0 Å². The van der Waals surface area contributed by atoms with E-state index in [-0.39, 0.29) is 6.04 Å². The lowest BCUT2D eigenvalue weighted by molar-refractivity contribution is 0.364. The summed E-state index contributed by atoms with van der Waals surface area (Å²) in [4.78, 5) is 4.17. The summed E-state index contributed by atoms with van der Waals surface area (Å²) >= 11 is 0. The Morgan fingerprint density at radius 3 is 2.67 bits per heavy atom. The number of nitriles is 1. The Labute approximate surface area is 105 Å². The minimum atomic E-state index is -0.0481. The van der Waals surface area contributed by atoms with Crippen molar-refractivity contribution >= 4 is 5.69 Å². The number of nitrogens with one attached hydrogen (secondary N) is 1. The van der Waals surface area contributed by atoms with Gasteiger partial charge in [-0.2, -0.15) is 10.2 Å². The molecular formula is C13H14N4O. The zero-order valence-corrected chi connectivity index (χ0v) is 10.3. The van der Waals surface area contributed by atoms with Crippen LogP contribution in [0.25, 0.3) is 0 Å². The lowest BCUT2D eigenvalue weighted by Gasteiger charge is -2.11. The van der Waals surface area contributed by atoms with Gasteiger partial charge in [-0.1, -0.05) is 17.3 Å². The van der Waals surface area contributed by atoms with Crippen LogP contribution in [0.5, 0.6) is 0 Å². The highest BCUT2D eigenvalue weighted by atomic mass is 16.5. The smallest absolute Gasteiger partial charge is 0.248 e. The van der Waals surface area contributed by atoms with Gasteiger partial charge in [0.1, 0.15) is 6.04 Å². The first kappa shape index (κ1) is 12.1. The Hall–Kier alpha value is -2.35. The highest BCUT2D eigenvalue weighted by Crippen LogP contribution is 2.18. The first-order valence-corrected chi connectivity index (χ1v) is 5.71. The van der Waals surface area contributed by atoms with Crippen molar-refractivity contribution in [2.75, 3.05) is 5.32 Å². The van der Waals surface area contributed by atoms with Gasteiger partial charge in [-0.05, 0) is 31.5 Å². The molecule has 18 heavy (non-hydrogen) atoms. The average Bonchev–Trinajstić information content (AvgIpc) is 2.79. The van der Waals surface area contributed by atoms with Crippen LogP contribution in [0.15, 0.2) is 28.8 Å². The van der Waals surface area contributed by atoms with E-state index in [0.29, 0.717) is 18.1 Å². The molecule has 5 heteroatoms. The predicted octanol–water partition coefficient (Wildman–Crippen LogP) is 2.62. The lowest BCUT2D eigenvalue weighted by atomic mass is 10.1. The Kier molecular flexibility index (Phi) is 3.58. The number of nitrogens with zero attached hydrogens (tertiary/aromatic N) is 3. The molecular weight excluding hydrogens is 228 g/mol. The van der Waals surface area contributed by atoms with Gasteiger partial charge in [0.05, 0.1) is 12.5 Å². The second-order valence-electron chi connectivity index (χ2n) is 4.08. The van der Waals surface area contributed by atoms with Gasteiger partial charge in [0, 0.05) is 5.69 Å². The van der Waals surface area contributed by atoms with E-state index in [1.807, 2.05) is 31.2 Å². The molecule has 0 saturated carbocycles. The van der Waals surface area contributed by atoms with Gasteiger partial charge < -0.3 is 9.84 Å². The third-order valence-electron chi connectivity index (χ3n) is 2.53. The number of anilines is 1. The summed E-state index contributed by atoms with van der Waals surface area (Å²) in [5.41, 5.74) is 1.96. The van der Waals surface area contributed by atoms with E-state index in [2.05, 4.69) is 21.5 Å². The second-order valence-corrected chi connectivity index (χ2v) is 4.08. The molecule has 0 amide bonds. The molecule has 1 heterocycles. The minimum Gasteiger partial charge on any atom is -0.374 e. The molecule has 1 unspecified atom stereocenters. The van der Waals surface area contributed by atoms with E-state index in [0.717, 1.165) is 11.3 Å². The predicted molar refractivity (Wildman–Crippen MR) is 66.8 cm³/mol. The van der Waals surface area contributed by atoms with Crippen molar-refractivity contribution in [2.24, 2.45) is 0 Å². The third kappa shape index (κ3) is 2.86. The Bertz CT molecular complexity index is 553. The van der Waals surface area contributed by atoms with Crippen LogP contribution in [0.4, 0.5) is 5.69 Å². The molecule has 0 fully saturated rings. The number of aryl methyl sites for hydroxylation is 1. The molecule has 0 aliphatic rings. The molecule has 1 atom stereocenters. The summed E-state index contributed by atoms with van der Waals surface area (Å²) in [6.45, 7) is 3.74. The van der Waals surface area contributed by atoms with E-state index >= 15 is 0 Å². The van der Waals surface area contributed by atoms with Crippen molar-refractivity contribution in [3.8, 4) is 6.07 Å². The van der Waals surface area contributed by atoms with E-state index in [9.17, 15) is 0 Å². The second kappa shape index (κ2) is 5.32. The lowest BCUT2D eigenvalue weighted by Crippen LogP contribution is -2.06. The van der Waals surface area contributed by atoms with Crippen LogP contribution in [0.1, 0.15) is 30.2 Å². The van der Waals surface area contributed by atoms with Crippen LogP contribution in [0.3, 0.4) is 0 Å². The third-order valence-corrected chi connectivity index (χ3v) is 2.53. The van der Waals surface area contributed by atoms with E-state index in [1.165, 1.54) is 0 Å². The SMILES string of the molecule is Cc1noc(C(C)Nc2ccc(CC#N)cc2)n1. The molecule has 5 nitrogen and oxygen atoms in total. The molecule has 0 radical (unpaired) electrons. The van der Waals surface area contributed by atoms with Crippen LogP contribution >= 0.6 is 0 Å². The maximum Gasteiger partial charge on any atom is 0.248 e. The summed E-state index contributed by atoms with van der Waals surface area (Å²) in [5, 5.41) is 15.6. The van der Waals surface area contributed by atoms with E-state index in [4.69, 9.17) is 9.78 Å². The monoisotopic (exact) mass is 242 g/mol. The van der Waals surface area contributed by atoms with Gasteiger partial charge in [-0.15, -0.1) is 0 Å². The van der Waals surface area contributed by atoms with Crippen LogP contribution in [0.2, 0.25) is 0 Å². The summed E-state index contributed by atoms with van der Waals surface area (Å²) in [5.74, 6) is 1.19. The quantitative estimate of drug-likeness (QED) is 0.891. The molecule has 0 aliphatic carbocycles. The van der Waals surface area contributed by atoms with E-state index in [1.54, 1.807) is 6.92 Å². The van der Waals surface area contributed by atoms with Crippen LogP contribution in [-0.4, -0.2) is 10.1 Å². The zero-order valence-electron chi connectivity index (χ0n) is 10.3. The first-order chi connectivity index (χ1) is 8.69. The molecule has 0 saturated heterocycles. The van der Waals surface area contributed by atoms with Gasteiger partial charge in [0.15, 0.2) is 5.82 Å². The maximum atomic E-state index is 8.59. The standard InChI is InChI=1S/C13H14N4O/c1-9(13-16-10(2)17-18-13)15-12-5-3-11(4-6-12)7-8-14/h3-6,9,15H,7H2,1-2H3. The fourth-order valence-corrected chi connectivity index (χ4v) is 1.61. The minimum absolute atomic E-state index is 0.0481. The molecule has 92 valence electrons. The molecule has 0 aliphatic heterocycles. The molecule has 1 aromatic heterocycles. The average molecular weight is 242 g/mol. The van der Waals surface area contributed by atoms with Gasteiger partial charge >= 0.3 is 0 Å². The number of benzene rings is 1. The highest BCUT2D eigenvalue weighted by Gasteiger charge is 2.12. The van der Waals surface area contributed by atoms with Crippen molar-refractivity contribution in [3.05, 3.63) is 41.5 Å². The summed E-state index contributed by atoms with van der Waals surface area (Å²) in [6.07, 6.45) is 0.429. The van der Waals surface area contributed by atoms with Gasteiger partial charge in [0.2, 0.25) is 5.89 Å². The van der Waals surface area contributed by atoms with Crippen molar-refractivity contribution in [1.29, 1.82) is 5.26 Å². The van der Waals surface area contributed by atoms with Crippen LogP contribution < -0.4 is 5.32 Å². The van der Waals surface area contributed by atoms with E-state index < -0.39 is 0 Å². The number of hydrogen-bond donors (Lipinski definition) is 1. The Balaban J connectivity index is 2.03. The van der Waals surface area contributed by atoms with Gasteiger partial charge in [-0.25, -0.2) is 0 Å². The van der Waals surface area contributed by atoms with Crippen molar-refractivity contribution in [2.45, 2.75) is 26.3 Å². The van der Waals surface area contributed by atoms with Crippen molar-refractivity contribution in [3.63, 3.8) is 0 Å². The van der Waals surface area contributed by atoms with Crippen LogP contribution in [-0.2, 0) is 6.42 Å². The van der Waals surface area contributed by atoms with Crippen molar-refractivity contribution < 1.29 is 4.52 Å². The molecule has 1 aromatic carbocycles.